The zero-order valence-corrected chi connectivity index (χ0v) is 12.1. The van der Waals surface area contributed by atoms with Crippen molar-refractivity contribution < 1.29 is 9.53 Å². The minimum Gasteiger partial charge on any atom is -0.484 e. The fraction of sp³-hybridized carbons (Fsp3) is 0.235. The molecule has 0 fully saturated rings. The van der Waals surface area contributed by atoms with Gasteiger partial charge in [-0.1, -0.05) is 35.4 Å². The summed E-state index contributed by atoms with van der Waals surface area (Å²) in [7, 11) is 0. The molecular weight excluding hydrogens is 250 g/mol. The number of ether oxygens (including phenoxy) is 1. The Morgan fingerprint density at radius 1 is 1.00 bits per heavy atom. The minimum atomic E-state index is -0.155. The third-order valence-electron chi connectivity index (χ3n) is 3.05. The zero-order valence-electron chi connectivity index (χ0n) is 12.1. The molecule has 104 valence electrons. The largest absolute Gasteiger partial charge is 0.484 e. The van der Waals surface area contributed by atoms with Crippen molar-refractivity contribution in [3.05, 3.63) is 59.2 Å². The van der Waals surface area contributed by atoms with Crippen LogP contribution in [0.2, 0.25) is 0 Å². The van der Waals surface area contributed by atoms with Gasteiger partial charge < -0.3 is 10.1 Å². The molecule has 2 rings (SSSR count). The van der Waals surface area contributed by atoms with Crippen LogP contribution in [0.5, 0.6) is 5.75 Å². The molecule has 2 aromatic carbocycles. The van der Waals surface area contributed by atoms with Crippen LogP contribution < -0.4 is 10.1 Å². The molecule has 0 aliphatic heterocycles. The van der Waals surface area contributed by atoms with Crippen molar-refractivity contribution in [1.29, 1.82) is 0 Å². The zero-order chi connectivity index (χ0) is 14.5. The van der Waals surface area contributed by atoms with Gasteiger partial charge in [-0.25, -0.2) is 0 Å². The summed E-state index contributed by atoms with van der Waals surface area (Å²) in [5.74, 6) is 0.545. The number of hydrogen-bond donors (Lipinski definition) is 1. The molecule has 1 N–H and O–H groups in total. The van der Waals surface area contributed by atoms with Gasteiger partial charge in [-0.3, -0.25) is 4.79 Å². The summed E-state index contributed by atoms with van der Waals surface area (Å²) < 4.78 is 5.45. The first-order valence-corrected chi connectivity index (χ1v) is 6.61. The van der Waals surface area contributed by atoms with Crippen LogP contribution in [-0.4, -0.2) is 12.5 Å². The molecule has 0 radical (unpaired) electrons. The Hall–Kier alpha value is -2.29. The number of anilines is 1. The Morgan fingerprint density at radius 3 is 2.30 bits per heavy atom. The van der Waals surface area contributed by atoms with E-state index in [1.165, 1.54) is 5.56 Å². The molecule has 2 aromatic rings. The molecule has 1 amide bonds. The normalized spacial score (nSPS) is 10.2. The Kier molecular flexibility index (Phi) is 4.41. The number of hydrogen-bond acceptors (Lipinski definition) is 2. The molecule has 0 aliphatic carbocycles. The van der Waals surface area contributed by atoms with E-state index in [1.54, 1.807) is 0 Å². The van der Waals surface area contributed by atoms with E-state index in [0.717, 1.165) is 16.8 Å². The predicted molar refractivity (Wildman–Crippen MR) is 81.2 cm³/mol. The van der Waals surface area contributed by atoms with Gasteiger partial charge in [-0.05, 0) is 44.5 Å². The van der Waals surface area contributed by atoms with Crippen molar-refractivity contribution in [3.8, 4) is 5.75 Å². The maximum Gasteiger partial charge on any atom is 0.262 e. The first-order valence-electron chi connectivity index (χ1n) is 6.61. The molecule has 0 aliphatic rings. The van der Waals surface area contributed by atoms with Gasteiger partial charge in [0.15, 0.2) is 6.61 Å². The third-order valence-corrected chi connectivity index (χ3v) is 3.05. The van der Waals surface area contributed by atoms with Gasteiger partial charge >= 0.3 is 0 Å². The number of carbonyl (C=O) groups is 1. The van der Waals surface area contributed by atoms with Crippen LogP contribution in [0, 0.1) is 20.8 Å². The lowest BCUT2D eigenvalue weighted by molar-refractivity contribution is -0.118. The fourth-order valence-electron chi connectivity index (χ4n) is 1.92. The smallest absolute Gasteiger partial charge is 0.262 e. The van der Waals surface area contributed by atoms with Crippen molar-refractivity contribution in [2.24, 2.45) is 0 Å². The predicted octanol–water partition coefficient (Wildman–Crippen LogP) is 3.63. The molecule has 0 spiro atoms. The SMILES string of the molecule is Cc1ccc(OCC(=O)Nc2ccc(C)cc2C)cc1. The van der Waals surface area contributed by atoms with Crippen LogP contribution in [0.25, 0.3) is 0 Å². The first-order chi connectivity index (χ1) is 9.54. The topological polar surface area (TPSA) is 38.3 Å². The summed E-state index contributed by atoms with van der Waals surface area (Å²) in [6.45, 7) is 6.02. The second-order valence-corrected chi connectivity index (χ2v) is 4.97. The van der Waals surface area contributed by atoms with Gasteiger partial charge in [0.1, 0.15) is 5.75 Å². The number of rotatable bonds is 4. The van der Waals surface area contributed by atoms with E-state index in [4.69, 9.17) is 4.74 Å². The van der Waals surface area contributed by atoms with E-state index in [0.29, 0.717) is 5.75 Å². The molecule has 0 saturated carbocycles. The van der Waals surface area contributed by atoms with Crippen molar-refractivity contribution in [1.82, 2.24) is 0 Å². The van der Waals surface area contributed by atoms with Crippen LogP contribution >= 0.6 is 0 Å². The molecule has 0 saturated heterocycles. The van der Waals surface area contributed by atoms with Crippen LogP contribution in [0.4, 0.5) is 5.69 Å². The van der Waals surface area contributed by atoms with Gasteiger partial charge in [-0.2, -0.15) is 0 Å². The van der Waals surface area contributed by atoms with E-state index >= 15 is 0 Å². The molecule has 3 heteroatoms. The van der Waals surface area contributed by atoms with Crippen molar-refractivity contribution >= 4 is 11.6 Å². The monoisotopic (exact) mass is 269 g/mol. The quantitative estimate of drug-likeness (QED) is 0.920. The summed E-state index contributed by atoms with van der Waals surface area (Å²) in [6, 6.07) is 13.6. The summed E-state index contributed by atoms with van der Waals surface area (Å²) in [5.41, 5.74) is 4.22. The molecule has 0 atom stereocenters. The van der Waals surface area contributed by atoms with Gasteiger partial charge in [0.05, 0.1) is 0 Å². The lowest BCUT2D eigenvalue weighted by Gasteiger charge is -2.10. The second-order valence-electron chi connectivity index (χ2n) is 4.97. The number of benzene rings is 2. The Balaban J connectivity index is 1.90. The van der Waals surface area contributed by atoms with E-state index in [1.807, 2.05) is 63.2 Å². The van der Waals surface area contributed by atoms with Gasteiger partial charge in [0, 0.05) is 5.69 Å². The highest BCUT2D eigenvalue weighted by atomic mass is 16.5. The maximum absolute atomic E-state index is 11.9. The minimum absolute atomic E-state index is 0.0103. The highest BCUT2D eigenvalue weighted by molar-refractivity contribution is 5.92. The second kappa shape index (κ2) is 6.24. The standard InChI is InChI=1S/C17H19NO2/c1-12-4-7-15(8-5-12)20-11-17(19)18-16-9-6-13(2)10-14(16)3/h4-10H,11H2,1-3H3,(H,18,19). The Morgan fingerprint density at radius 2 is 1.65 bits per heavy atom. The molecular formula is C17H19NO2. The van der Waals surface area contributed by atoms with Crippen molar-refractivity contribution in [3.63, 3.8) is 0 Å². The molecule has 0 aromatic heterocycles. The molecule has 0 heterocycles. The van der Waals surface area contributed by atoms with Crippen LogP contribution in [0.15, 0.2) is 42.5 Å². The highest BCUT2D eigenvalue weighted by Gasteiger charge is 2.05. The lowest BCUT2D eigenvalue weighted by atomic mass is 10.1. The van der Waals surface area contributed by atoms with Crippen LogP contribution in [-0.2, 0) is 4.79 Å². The van der Waals surface area contributed by atoms with Crippen molar-refractivity contribution in [2.45, 2.75) is 20.8 Å². The molecule has 0 unspecified atom stereocenters. The average molecular weight is 269 g/mol. The van der Waals surface area contributed by atoms with E-state index < -0.39 is 0 Å². The summed E-state index contributed by atoms with van der Waals surface area (Å²) in [5, 5.41) is 2.86. The number of nitrogens with one attached hydrogen (secondary N) is 1. The van der Waals surface area contributed by atoms with Crippen LogP contribution in [0.3, 0.4) is 0 Å². The van der Waals surface area contributed by atoms with Gasteiger partial charge in [-0.15, -0.1) is 0 Å². The maximum atomic E-state index is 11.9. The van der Waals surface area contributed by atoms with Gasteiger partial charge in [0.2, 0.25) is 0 Å². The summed E-state index contributed by atoms with van der Waals surface area (Å²) in [4.78, 5) is 11.9. The summed E-state index contributed by atoms with van der Waals surface area (Å²) in [6.07, 6.45) is 0. The number of aryl methyl sites for hydroxylation is 3. The van der Waals surface area contributed by atoms with Crippen LogP contribution in [0.1, 0.15) is 16.7 Å². The highest BCUT2D eigenvalue weighted by Crippen LogP contribution is 2.16. The summed E-state index contributed by atoms with van der Waals surface area (Å²) >= 11 is 0. The average Bonchev–Trinajstić information content (AvgIpc) is 2.41. The number of carbonyl (C=O) groups excluding carboxylic acids is 1. The fourth-order valence-corrected chi connectivity index (χ4v) is 1.92. The van der Waals surface area contributed by atoms with Gasteiger partial charge in [0.25, 0.3) is 5.91 Å². The third kappa shape index (κ3) is 3.85. The first kappa shape index (κ1) is 14.1. The Bertz CT molecular complexity index is 603. The van der Waals surface area contributed by atoms with Crippen molar-refractivity contribution in [2.75, 3.05) is 11.9 Å². The number of amides is 1. The van der Waals surface area contributed by atoms with E-state index in [9.17, 15) is 4.79 Å². The van der Waals surface area contributed by atoms with E-state index in [-0.39, 0.29) is 12.5 Å². The molecule has 3 nitrogen and oxygen atoms in total. The Labute approximate surface area is 119 Å². The molecule has 0 bridgehead atoms. The van der Waals surface area contributed by atoms with E-state index in [2.05, 4.69) is 5.32 Å². The molecule has 20 heavy (non-hydrogen) atoms. The lowest BCUT2D eigenvalue weighted by Crippen LogP contribution is -2.20.